The van der Waals surface area contributed by atoms with Gasteiger partial charge in [-0.3, -0.25) is 4.79 Å². The Bertz CT molecular complexity index is 1010. The average molecular weight is 374 g/mol. The smallest absolute Gasteiger partial charge is 0.226 e. The minimum absolute atomic E-state index is 0.0934. The van der Waals surface area contributed by atoms with Gasteiger partial charge in [-0.1, -0.05) is 17.7 Å². The molecular weight excluding hydrogens is 360 g/mol. The molecule has 0 unspecified atom stereocenters. The largest absolute Gasteiger partial charge is 0.310 e. The summed E-state index contributed by atoms with van der Waals surface area (Å²) < 4.78 is 28.9. The summed E-state index contributed by atoms with van der Waals surface area (Å²) in [5.74, 6) is -1.58. The van der Waals surface area contributed by atoms with E-state index in [1.807, 2.05) is 13.0 Å². The maximum atomic E-state index is 13.6. The molecule has 4 rings (SSSR count). The Morgan fingerprint density at radius 3 is 2.69 bits per heavy atom. The van der Waals surface area contributed by atoms with Crippen LogP contribution in [0.3, 0.4) is 0 Å². The molecule has 2 heterocycles. The Balaban J connectivity index is 1.86. The summed E-state index contributed by atoms with van der Waals surface area (Å²) in [5, 5.41) is 7.78. The second kappa shape index (κ2) is 6.21. The number of rotatable bonds is 2. The minimum atomic E-state index is -0.675. The third kappa shape index (κ3) is 2.76. The van der Waals surface area contributed by atoms with Crippen molar-refractivity contribution in [3.05, 3.63) is 75.9 Å². The second-order valence-corrected chi connectivity index (χ2v) is 6.66. The molecule has 0 saturated heterocycles. The zero-order valence-corrected chi connectivity index (χ0v) is 14.5. The topological polar surface area (TPSA) is 46.9 Å². The molecule has 2 aromatic carbocycles. The third-order valence-corrected chi connectivity index (χ3v) is 4.98. The van der Waals surface area contributed by atoms with Crippen molar-refractivity contribution in [3.63, 3.8) is 0 Å². The molecule has 26 heavy (non-hydrogen) atoms. The van der Waals surface area contributed by atoms with Crippen LogP contribution in [-0.4, -0.2) is 15.7 Å². The van der Waals surface area contributed by atoms with Crippen LogP contribution in [0.2, 0.25) is 5.02 Å². The van der Waals surface area contributed by atoms with Gasteiger partial charge >= 0.3 is 0 Å². The molecule has 1 amide bonds. The summed E-state index contributed by atoms with van der Waals surface area (Å²) in [6.07, 6.45) is 1.71. The van der Waals surface area contributed by atoms with Crippen LogP contribution in [-0.2, 0) is 4.79 Å². The molecular formula is C19H14ClF2N3O. The maximum Gasteiger partial charge on any atom is 0.226 e. The summed E-state index contributed by atoms with van der Waals surface area (Å²) in [4.78, 5) is 12.2. The highest BCUT2D eigenvalue weighted by atomic mass is 35.5. The molecule has 0 spiro atoms. The Kier molecular flexibility index (Phi) is 4.00. The highest BCUT2D eigenvalue weighted by Gasteiger charge is 2.31. The predicted octanol–water partition coefficient (Wildman–Crippen LogP) is 4.59. The molecule has 0 bridgehead atoms. The van der Waals surface area contributed by atoms with Gasteiger partial charge in [-0.2, -0.15) is 5.10 Å². The molecule has 1 aliphatic rings. The van der Waals surface area contributed by atoms with Gasteiger partial charge < -0.3 is 5.32 Å². The van der Waals surface area contributed by atoms with E-state index >= 15 is 0 Å². The molecule has 0 saturated carbocycles. The lowest BCUT2D eigenvalue weighted by Crippen LogP contribution is -2.24. The molecule has 7 heteroatoms. The number of nitrogens with one attached hydrogen (secondary N) is 1. The van der Waals surface area contributed by atoms with E-state index in [1.54, 1.807) is 23.0 Å². The lowest BCUT2D eigenvalue weighted by atomic mass is 9.87. The molecule has 0 fully saturated rings. The number of halogens is 3. The molecule has 0 radical (unpaired) electrons. The van der Waals surface area contributed by atoms with Gasteiger partial charge in [0.25, 0.3) is 0 Å². The van der Waals surface area contributed by atoms with Crippen molar-refractivity contribution in [2.75, 3.05) is 5.32 Å². The van der Waals surface area contributed by atoms with Crippen molar-refractivity contribution in [3.8, 4) is 5.69 Å². The summed E-state index contributed by atoms with van der Waals surface area (Å²) in [6, 6.07) is 8.71. The van der Waals surface area contributed by atoms with E-state index in [4.69, 9.17) is 11.6 Å². The van der Waals surface area contributed by atoms with Gasteiger partial charge in [0.15, 0.2) is 0 Å². The number of aromatic nitrogens is 2. The molecule has 1 aliphatic heterocycles. The van der Waals surface area contributed by atoms with Crippen LogP contribution in [0.1, 0.15) is 29.0 Å². The molecule has 0 aliphatic carbocycles. The van der Waals surface area contributed by atoms with Crippen LogP contribution in [0.5, 0.6) is 0 Å². The van der Waals surface area contributed by atoms with Crippen LogP contribution >= 0.6 is 11.6 Å². The molecule has 1 aromatic heterocycles. The number of carbonyl (C=O) groups is 1. The van der Waals surface area contributed by atoms with Crippen LogP contribution in [0, 0.1) is 18.6 Å². The van der Waals surface area contributed by atoms with Crippen molar-refractivity contribution in [1.82, 2.24) is 9.78 Å². The van der Waals surface area contributed by atoms with E-state index in [0.29, 0.717) is 22.0 Å². The van der Waals surface area contributed by atoms with Crippen LogP contribution in [0.15, 0.2) is 42.6 Å². The van der Waals surface area contributed by atoms with Gasteiger partial charge in [0, 0.05) is 29.0 Å². The van der Waals surface area contributed by atoms with E-state index in [0.717, 1.165) is 17.3 Å². The molecule has 4 nitrogen and oxygen atoms in total. The van der Waals surface area contributed by atoms with Crippen molar-refractivity contribution in [1.29, 1.82) is 0 Å². The zero-order valence-electron chi connectivity index (χ0n) is 13.8. The first kappa shape index (κ1) is 16.7. The van der Waals surface area contributed by atoms with Crippen molar-refractivity contribution in [2.45, 2.75) is 19.3 Å². The first-order valence-corrected chi connectivity index (χ1v) is 8.41. The molecule has 1 N–H and O–H groups in total. The molecule has 3 aromatic rings. The number of carbonyl (C=O) groups excluding carboxylic acids is 1. The second-order valence-electron chi connectivity index (χ2n) is 6.25. The number of fused-ring (bicyclic) bond motifs is 1. The average Bonchev–Trinajstić information content (AvgIpc) is 2.99. The Labute approximate surface area is 153 Å². The molecule has 132 valence electrons. The first-order chi connectivity index (χ1) is 12.4. The fourth-order valence-corrected chi connectivity index (χ4v) is 3.47. The van der Waals surface area contributed by atoms with Crippen molar-refractivity contribution in [2.24, 2.45) is 0 Å². The number of nitrogens with zero attached hydrogens (tertiary/aromatic N) is 2. The maximum absolute atomic E-state index is 13.6. The normalized spacial score (nSPS) is 16.3. The van der Waals surface area contributed by atoms with Gasteiger partial charge in [0.05, 0.1) is 11.9 Å². The Morgan fingerprint density at radius 2 is 1.96 bits per heavy atom. The van der Waals surface area contributed by atoms with Crippen LogP contribution in [0.25, 0.3) is 5.69 Å². The lowest BCUT2D eigenvalue weighted by molar-refractivity contribution is -0.116. The number of anilines is 1. The fourth-order valence-electron chi connectivity index (χ4n) is 3.30. The minimum Gasteiger partial charge on any atom is -0.310 e. The van der Waals surface area contributed by atoms with Gasteiger partial charge in [0.2, 0.25) is 5.91 Å². The van der Waals surface area contributed by atoms with Crippen molar-refractivity contribution < 1.29 is 13.6 Å². The first-order valence-electron chi connectivity index (χ1n) is 8.03. The highest BCUT2D eigenvalue weighted by Crippen LogP contribution is 2.39. The standard InChI is InChI=1S/C19H14ClF2N3O/c1-10-16(20)3-2-4-17(10)25-19-15(9-23-25)14(8-18(26)24-19)11-5-12(21)7-13(22)6-11/h2-7,9,14H,8H2,1H3,(H,24,26)/t14-/m1/s1. The summed E-state index contributed by atoms with van der Waals surface area (Å²) in [6.45, 7) is 1.86. The lowest BCUT2D eigenvalue weighted by Gasteiger charge is -2.24. The monoisotopic (exact) mass is 373 g/mol. The van der Waals surface area contributed by atoms with E-state index < -0.39 is 17.6 Å². The Morgan fingerprint density at radius 1 is 1.23 bits per heavy atom. The Hall–Kier alpha value is -2.73. The van der Waals surface area contributed by atoms with E-state index in [2.05, 4.69) is 10.4 Å². The quantitative estimate of drug-likeness (QED) is 0.714. The zero-order chi connectivity index (χ0) is 18.4. The van der Waals surface area contributed by atoms with E-state index in [9.17, 15) is 13.6 Å². The van der Waals surface area contributed by atoms with E-state index in [-0.39, 0.29) is 12.3 Å². The molecule has 1 atom stereocenters. The van der Waals surface area contributed by atoms with Gasteiger partial charge in [-0.05, 0) is 42.3 Å². The highest BCUT2D eigenvalue weighted by molar-refractivity contribution is 6.31. The fraction of sp³-hybridized carbons (Fsp3) is 0.158. The number of hydrogen-bond donors (Lipinski definition) is 1. The van der Waals surface area contributed by atoms with Crippen LogP contribution < -0.4 is 5.32 Å². The third-order valence-electron chi connectivity index (χ3n) is 4.57. The number of hydrogen-bond acceptors (Lipinski definition) is 2. The number of benzene rings is 2. The van der Waals surface area contributed by atoms with Gasteiger partial charge in [-0.25, -0.2) is 13.5 Å². The SMILES string of the molecule is Cc1c(Cl)cccc1-n1ncc2c1NC(=O)C[C@@H]2c1cc(F)cc(F)c1. The van der Waals surface area contributed by atoms with Gasteiger partial charge in [0.1, 0.15) is 17.5 Å². The van der Waals surface area contributed by atoms with Gasteiger partial charge in [-0.15, -0.1) is 0 Å². The predicted molar refractivity (Wildman–Crippen MR) is 94.8 cm³/mol. The number of amides is 1. The summed E-state index contributed by atoms with van der Waals surface area (Å²) >= 11 is 6.19. The van der Waals surface area contributed by atoms with Crippen LogP contribution in [0.4, 0.5) is 14.6 Å². The summed E-state index contributed by atoms with van der Waals surface area (Å²) in [5.41, 5.74) is 2.65. The summed E-state index contributed by atoms with van der Waals surface area (Å²) in [7, 11) is 0. The van der Waals surface area contributed by atoms with E-state index in [1.165, 1.54) is 12.1 Å². The van der Waals surface area contributed by atoms with Crippen molar-refractivity contribution >= 4 is 23.3 Å².